The highest BCUT2D eigenvalue weighted by Gasteiger charge is 2.16. The van der Waals surface area contributed by atoms with Gasteiger partial charge in [-0.05, 0) is 54.3 Å². The van der Waals surface area contributed by atoms with E-state index in [0.717, 1.165) is 39.7 Å². The Hall–Kier alpha value is -1.20. The molecule has 22 heavy (non-hydrogen) atoms. The van der Waals surface area contributed by atoms with Gasteiger partial charge < -0.3 is 15.5 Å². The Kier molecular flexibility index (Phi) is 6.58. The van der Waals surface area contributed by atoms with Gasteiger partial charge in [0.15, 0.2) is 0 Å². The molecule has 0 spiro atoms. The summed E-state index contributed by atoms with van der Waals surface area (Å²) in [6.45, 7) is 3.51. The fourth-order valence-electron chi connectivity index (χ4n) is 2.55. The summed E-state index contributed by atoms with van der Waals surface area (Å²) in [6.07, 6.45) is 0.180. The minimum atomic E-state index is -0.623. The lowest BCUT2D eigenvalue weighted by Gasteiger charge is -2.18. The van der Waals surface area contributed by atoms with Crippen molar-refractivity contribution in [2.45, 2.75) is 19.4 Å². The molecule has 0 saturated heterocycles. The van der Waals surface area contributed by atoms with Gasteiger partial charge in [-0.3, -0.25) is 0 Å². The van der Waals surface area contributed by atoms with Crippen molar-refractivity contribution in [2.24, 2.45) is 0 Å². The fraction of sp³-hybridized carbons (Fsp3) is 0.333. The third kappa shape index (κ3) is 4.40. The van der Waals surface area contributed by atoms with E-state index < -0.39 is 6.10 Å². The monoisotopic (exact) mass is 363 g/mol. The van der Waals surface area contributed by atoms with Gasteiger partial charge >= 0.3 is 0 Å². The van der Waals surface area contributed by atoms with E-state index in [1.165, 1.54) is 0 Å². The summed E-state index contributed by atoms with van der Waals surface area (Å²) in [5.74, 6) is 0. The third-order valence-electron chi connectivity index (χ3n) is 3.74. The average Bonchev–Trinajstić information content (AvgIpc) is 2.51. The van der Waals surface area contributed by atoms with Crippen molar-refractivity contribution in [2.75, 3.05) is 19.7 Å². The van der Waals surface area contributed by atoms with E-state index in [-0.39, 0.29) is 6.61 Å². The topological polar surface area (TPSA) is 52.5 Å². The number of aryl methyl sites for hydroxylation is 1. The van der Waals surface area contributed by atoms with E-state index in [2.05, 4.69) is 27.3 Å². The van der Waals surface area contributed by atoms with Crippen LogP contribution in [0.3, 0.4) is 0 Å². The van der Waals surface area contributed by atoms with E-state index >= 15 is 0 Å². The van der Waals surface area contributed by atoms with Crippen molar-refractivity contribution in [3.8, 4) is 0 Å². The molecule has 2 aromatic rings. The maximum atomic E-state index is 10.8. The molecule has 0 aliphatic heterocycles. The normalized spacial score (nSPS) is 12.4. The van der Waals surface area contributed by atoms with Gasteiger partial charge in [-0.15, -0.1) is 0 Å². The SMILES string of the molecule is Cc1ccccc1C(O)c1ccc(Br)cc1CCNCCO. The maximum Gasteiger partial charge on any atom is 0.105 e. The smallest absolute Gasteiger partial charge is 0.105 e. The second kappa shape index (κ2) is 8.44. The molecule has 2 aromatic carbocycles. The zero-order valence-electron chi connectivity index (χ0n) is 12.7. The summed E-state index contributed by atoms with van der Waals surface area (Å²) in [5, 5.41) is 22.8. The van der Waals surface area contributed by atoms with Crippen LogP contribution in [0, 0.1) is 6.92 Å². The molecule has 0 radical (unpaired) electrons. The van der Waals surface area contributed by atoms with Crippen LogP contribution in [0.5, 0.6) is 0 Å². The quantitative estimate of drug-likeness (QED) is 0.662. The summed E-state index contributed by atoms with van der Waals surface area (Å²) in [7, 11) is 0. The number of nitrogens with one attached hydrogen (secondary N) is 1. The predicted octanol–water partition coefficient (Wildman–Crippen LogP) is 2.96. The Morgan fingerprint density at radius 3 is 2.59 bits per heavy atom. The van der Waals surface area contributed by atoms with Crippen molar-refractivity contribution >= 4 is 15.9 Å². The Morgan fingerprint density at radius 1 is 1.09 bits per heavy atom. The van der Waals surface area contributed by atoms with Crippen LogP contribution in [0.15, 0.2) is 46.9 Å². The molecule has 0 bridgehead atoms. The Balaban J connectivity index is 2.24. The molecule has 1 atom stereocenters. The minimum absolute atomic E-state index is 0.136. The summed E-state index contributed by atoms with van der Waals surface area (Å²) < 4.78 is 1.00. The van der Waals surface area contributed by atoms with Crippen LogP contribution in [0.4, 0.5) is 0 Å². The van der Waals surface area contributed by atoms with Crippen LogP contribution in [0.2, 0.25) is 0 Å². The van der Waals surface area contributed by atoms with Gasteiger partial charge in [0.2, 0.25) is 0 Å². The summed E-state index contributed by atoms with van der Waals surface area (Å²) >= 11 is 3.50. The number of hydrogen-bond acceptors (Lipinski definition) is 3. The molecule has 1 unspecified atom stereocenters. The van der Waals surface area contributed by atoms with Crippen molar-refractivity contribution in [1.29, 1.82) is 0 Å². The molecule has 0 saturated carbocycles. The van der Waals surface area contributed by atoms with Crippen LogP contribution in [0.1, 0.15) is 28.4 Å². The highest BCUT2D eigenvalue weighted by molar-refractivity contribution is 9.10. The Bertz CT molecular complexity index is 616. The zero-order valence-corrected chi connectivity index (χ0v) is 14.3. The molecular formula is C18H22BrNO2. The lowest BCUT2D eigenvalue weighted by molar-refractivity contribution is 0.218. The molecule has 0 heterocycles. The Labute approximate surface area is 140 Å². The van der Waals surface area contributed by atoms with Crippen LogP contribution in [-0.2, 0) is 6.42 Å². The lowest BCUT2D eigenvalue weighted by atomic mass is 9.93. The van der Waals surface area contributed by atoms with Gasteiger partial charge in [-0.25, -0.2) is 0 Å². The van der Waals surface area contributed by atoms with Gasteiger partial charge in [0.25, 0.3) is 0 Å². The van der Waals surface area contributed by atoms with E-state index in [9.17, 15) is 5.11 Å². The first kappa shape index (κ1) is 17.2. The first-order valence-corrected chi connectivity index (χ1v) is 8.26. The summed E-state index contributed by atoms with van der Waals surface area (Å²) in [6, 6.07) is 13.9. The van der Waals surface area contributed by atoms with E-state index in [4.69, 9.17) is 5.11 Å². The van der Waals surface area contributed by atoms with Gasteiger partial charge in [0.05, 0.1) is 6.61 Å². The van der Waals surface area contributed by atoms with Crippen LogP contribution >= 0.6 is 15.9 Å². The molecule has 0 fully saturated rings. The second-order valence-corrected chi connectivity index (χ2v) is 6.24. The third-order valence-corrected chi connectivity index (χ3v) is 4.24. The number of benzene rings is 2. The molecule has 0 aliphatic carbocycles. The molecule has 2 rings (SSSR count). The standard InChI is InChI=1S/C18H22BrNO2/c1-13-4-2-3-5-16(13)18(22)17-7-6-15(19)12-14(17)8-9-20-10-11-21/h2-7,12,18,20-22H,8-11H2,1H3. The average molecular weight is 364 g/mol. The molecule has 4 heteroatoms. The van der Waals surface area contributed by atoms with Crippen molar-refractivity contribution < 1.29 is 10.2 Å². The molecule has 3 nitrogen and oxygen atoms in total. The first-order valence-electron chi connectivity index (χ1n) is 7.47. The van der Waals surface area contributed by atoms with Crippen molar-refractivity contribution in [3.63, 3.8) is 0 Å². The van der Waals surface area contributed by atoms with Crippen LogP contribution in [0.25, 0.3) is 0 Å². The highest BCUT2D eigenvalue weighted by atomic mass is 79.9. The highest BCUT2D eigenvalue weighted by Crippen LogP contribution is 2.29. The first-order chi connectivity index (χ1) is 10.6. The van der Waals surface area contributed by atoms with Gasteiger partial charge in [-0.1, -0.05) is 46.3 Å². The number of aliphatic hydroxyl groups is 2. The largest absolute Gasteiger partial charge is 0.395 e. The zero-order chi connectivity index (χ0) is 15.9. The van der Waals surface area contributed by atoms with Crippen molar-refractivity contribution in [3.05, 3.63) is 69.2 Å². The van der Waals surface area contributed by atoms with Crippen LogP contribution < -0.4 is 5.32 Å². The summed E-state index contributed by atoms with van der Waals surface area (Å²) in [4.78, 5) is 0. The number of aliphatic hydroxyl groups excluding tert-OH is 2. The number of hydrogen-bond donors (Lipinski definition) is 3. The predicted molar refractivity (Wildman–Crippen MR) is 93.0 cm³/mol. The van der Waals surface area contributed by atoms with E-state index in [1.807, 2.05) is 43.3 Å². The molecule has 118 valence electrons. The maximum absolute atomic E-state index is 10.8. The van der Waals surface area contributed by atoms with Gasteiger partial charge in [0, 0.05) is 11.0 Å². The van der Waals surface area contributed by atoms with E-state index in [0.29, 0.717) is 6.54 Å². The van der Waals surface area contributed by atoms with Gasteiger partial charge in [0.1, 0.15) is 6.10 Å². The molecule has 0 aliphatic rings. The summed E-state index contributed by atoms with van der Waals surface area (Å²) in [5.41, 5.74) is 4.07. The second-order valence-electron chi connectivity index (χ2n) is 5.33. The number of rotatable bonds is 7. The fourth-order valence-corrected chi connectivity index (χ4v) is 2.95. The molecule has 0 amide bonds. The minimum Gasteiger partial charge on any atom is -0.395 e. The molecular weight excluding hydrogens is 342 g/mol. The lowest BCUT2D eigenvalue weighted by Crippen LogP contribution is -2.21. The molecule has 0 aromatic heterocycles. The number of halogens is 1. The van der Waals surface area contributed by atoms with Crippen molar-refractivity contribution in [1.82, 2.24) is 5.32 Å². The van der Waals surface area contributed by atoms with E-state index in [1.54, 1.807) is 0 Å². The van der Waals surface area contributed by atoms with Gasteiger partial charge in [-0.2, -0.15) is 0 Å². The molecule has 3 N–H and O–H groups in total. The Morgan fingerprint density at radius 2 is 1.86 bits per heavy atom. The van der Waals surface area contributed by atoms with Crippen LogP contribution in [-0.4, -0.2) is 29.9 Å².